The highest BCUT2D eigenvalue weighted by Gasteiger charge is 2.32. The Balaban J connectivity index is 1.52. The second kappa shape index (κ2) is 6.86. The van der Waals surface area contributed by atoms with E-state index >= 15 is 0 Å². The minimum absolute atomic E-state index is 0.121. The highest BCUT2D eigenvalue weighted by atomic mass is 35.5. The molecular formula is C15H13ClN4O3S3. The summed E-state index contributed by atoms with van der Waals surface area (Å²) in [6.45, 7) is 1.14. The number of hydrogen-bond acceptors (Lipinski definition) is 7. The van der Waals surface area contributed by atoms with Gasteiger partial charge in [0.05, 0.1) is 20.9 Å². The smallest absolute Gasteiger partial charge is 0.264 e. The standard InChI is InChI=1S/C15H13ClN4O3S3/c16-13-5-4-11(24-13)15(21)19-6-8-20(9-7-19)26(22,23)12-3-1-2-10-14(12)18-25-17-10/h1-5H,6-9H2. The molecule has 0 radical (unpaired) electrons. The van der Waals surface area contributed by atoms with E-state index in [9.17, 15) is 13.2 Å². The van der Waals surface area contributed by atoms with Crippen LogP contribution in [-0.4, -0.2) is 58.5 Å². The maximum absolute atomic E-state index is 13.0. The van der Waals surface area contributed by atoms with E-state index in [-0.39, 0.29) is 23.9 Å². The molecule has 136 valence electrons. The van der Waals surface area contributed by atoms with Gasteiger partial charge in [0.1, 0.15) is 15.9 Å². The highest BCUT2D eigenvalue weighted by molar-refractivity contribution is 7.89. The van der Waals surface area contributed by atoms with Crippen molar-refractivity contribution in [1.29, 1.82) is 0 Å². The van der Waals surface area contributed by atoms with Gasteiger partial charge in [0.25, 0.3) is 5.91 Å². The Bertz CT molecular complexity index is 1070. The molecule has 3 heterocycles. The van der Waals surface area contributed by atoms with E-state index in [1.54, 1.807) is 35.2 Å². The lowest BCUT2D eigenvalue weighted by Crippen LogP contribution is -2.50. The number of fused-ring (bicyclic) bond motifs is 1. The van der Waals surface area contributed by atoms with Crippen LogP contribution >= 0.6 is 34.7 Å². The summed E-state index contributed by atoms with van der Waals surface area (Å²) < 4.78 is 36.1. The second-order valence-electron chi connectivity index (χ2n) is 5.69. The fourth-order valence-corrected chi connectivity index (χ4v) is 6.03. The average Bonchev–Trinajstić information content (AvgIpc) is 3.29. The molecule has 0 N–H and O–H groups in total. The molecular weight excluding hydrogens is 416 g/mol. The van der Waals surface area contributed by atoms with Crippen molar-refractivity contribution in [2.24, 2.45) is 0 Å². The third-order valence-electron chi connectivity index (χ3n) is 4.18. The van der Waals surface area contributed by atoms with Crippen LogP contribution in [0.4, 0.5) is 0 Å². The first-order valence-electron chi connectivity index (χ1n) is 7.73. The minimum atomic E-state index is -3.69. The molecule has 11 heteroatoms. The van der Waals surface area contributed by atoms with Crippen molar-refractivity contribution in [1.82, 2.24) is 18.0 Å². The van der Waals surface area contributed by atoms with Crippen molar-refractivity contribution in [3.05, 3.63) is 39.5 Å². The molecule has 1 fully saturated rings. The van der Waals surface area contributed by atoms with E-state index in [0.717, 1.165) is 11.7 Å². The number of nitrogens with zero attached hydrogens (tertiary/aromatic N) is 4. The number of amides is 1. The van der Waals surface area contributed by atoms with Gasteiger partial charge in [-0.15, -0.1) is 11.3 Å². The van der Waals surface area contributed by atoms with Crippen molar-refractivity contribution in [3.63, 3.8) is 0 Å². The Morgan fingerprint density at radius 1 is 1.08 bits per heavy atom. The van der Waals surface area contributed by atoms with E-state index < -0.39 is 10.0 Å². The molecule has 0 spiro atoms. The van der Waals surface area contributed by atoms with Crippen molar-refractivity contribution in [3.8, 4) is 0 Å². The first-order chi connectivity index (χ1) is 12.5. The summed E-state index contributed by atoms with van der Waals surface area (Å²) in [6.07, 6.45) is 0. The SMILES string of the molecule is O=C(c1ccc(Cl)s1)N1CCN(S(=O)(=O)c2cccc3nsnc23)CC1. The summed E-state index contributed by atoms with van der Waals surface area (Å²) in [4.78, 5) is 14.8. The van der Waals surface area contributed by atoms with Gasteiger partial charge in [-0.3, -0.25) is 4.79 Å². The third-order valence-corrected chi connectivity index (χ3v) is 7.87. The largest absolute Gasteiger partial charge is 0.335 e. The van der Waals surface area contributed by atoms with Crippen LogP contribution in [0.15, 0.2) is 35.2 Å². The average molecular weight is 429 g/mol. The summed E-state index contributed by atoms with van der Waals surface area (Å²) in [6, 6.07) is 8.32. The van der Waals surface area contributed by atoms with Crippen LogP contribution in [0.25, 0.3) is 11.0 Å². The van der Waals surface area contributed by atoms with Gasteiger partial charge in [0, 0.05) is 26.2 Å². The Hall–Kier alpha value is -1.59. The van der Waals surface area contributed by atoms with E-state index in [0.29, 0.717) is 33.3 Å². The fraction of sp³-hybridized carbons (Fsp3) is 0.267. The number of benzene rings is 1. The molecule has 1 amide bonds. The number of halogens is 1. The number of hydrogen-bond donors (Lipinski definition) is 0. The lowest BCUT2D eigenvalue weighted by atomic mass is 10.3. The topological polar surface area (TPSA) is 83.5 Å². The zero-order valence-electron chi connectivity index (χ0n) is 13.3. The third kappa shape index (κ3) is 3.12. The number of carbonyl (C=O) groups is 1. The Labute approximate surface area is 163 Å². The summed E-state index contributed by atoms with van der Waals surface area (Å²) in [5.41, 5.74) is 0.962. The molecule has 1 aliphatic rings. The molecule has 7 nitrogen and oxygen atoms in total. The summed E-state index contributed by atoms with van der Waals surface area (Å²) >= 11 is 8.09. The second-order valence-corrected chi connectivity index (χ2v) is 9.84. The first kappa shape index (κ1) is 17.8. The van der Waals surface area contributed by atoms with E-state index in [2.05, 4.69) is 8.75 Å². The van der Waals surface area contributed by atoms with Crippen LogP contribution in [0.2, 0.25) is 4.34 Å². The van der Waals surface area contributed by atoms with Gasteiger partial charge in [-0.2, -0.15) is 13.1 Å². The molecule has 26 heavy (non-hydrogen) atoms. The van der Waals surface area contributed by atoms with Crippen LogP contribution < -0.4 is 0 Å². The molecule has 2 aromatic heterocycles. The molecule has 0 atom stereocenters. The van der Waals surface area contributed by atoms with Crippen LogP contribution in [0.3, 0.4) is 0 Å². The van der Waals surface area contributed by atoms with Gasteiger partial charge in [-0.25, -0.2) is 8.42 Å². The van der Waals surface area contributed by atoms with Gasteiger partial charge in [0.15, 0.2) is 0 Å². The molecule has 0 unspecified atom stereocenters. The van der Waals surface area contributed by atoms with Gasteiger partial charge in [-0.05, 0) is 24.3 Å². The lowest BCUT2D eigenvalue weighted by Gasteiger charge is -2.33. The zero-order chi connectivity index (χ0) is 18.3. The minimum Gasteiger partial charge on any atom is -0.335 e. The van der Waals surface area contributed by atoms with E-state index in [1.165, 1.54) is 15.6 Å². The highest BCUT2D eigenvalue weighted by Crippen LogP contribution is 2.26. The van der Waals surface area contributed by atoms with Gasteiger partial charge in [-0.1, -0.05) is 17.7 Å². The van der Waals surface area contributed by atoms with Crippen molar-refractivity contribution >= 4 is 61.6 Å². The van der Waals surface area contributed by atoms with Crippen LogP contribution in [0, 0.1) is 0 Å². The summed E-state index contributed by atoms with van der Waals surface area (Å²) in [7, 11) is -3.69. The Morgan fingerprint density at radius 2 is 1.85 bits per heavy atom. The van der Waals surface area contributed by atoms with Gasteiger partial charge in [0.2, 0.25) is 10.0 Å². The predicted molar refractivity (Wildman–Crippen MR) is 101 cm³/mol. The summed E-state index contributed by atoms with van der Waals surface area (Å²) in [5, 5.41) is 0. The number of piperazine rings is 1. The maximum atomic E-state index is 13.0. The molecule has 1 aromatic carbocycles. The first-order valence-corrected chi connectivity index (χ1v) is 11.1. The quantitative estimate of drug-likeness (QED) is 0.640. The molecule has 0 saturated carbocycles. The molecule has 0 bridgehead atoms. The monoisotopic (exact) mass is 428 g/mol. The van der Waals surface area contributed by atoms with Crippen LogP contribution in [-0.2, 0) is 10.0 Å². The van der Waals surface area contributed by atoms with Crippen LogP contribution in [0.1, 0.15) is 9.67 Å². The number of thiophene rings is 1. The summed E-state index contributed by atoms with van der Waals surface area (Å²) in [5.74, 6) is -0.121. The molecule has 0 aliphatic carbocycles. The predicted octanol–water partition coefficient (Wildman–Crippen LogP) is 2.55. The van der Waals surface area contributed by atoms with Crippen molar-refractivity contribution in [2.45, 2.75) is 4.90 Å². The number of carbonyl (C=O) groups excluding carboxylic acids is 1. The zero-order valence-corrected chi connectivity index (χ0v) is 16.5. The number of aromatic nitrogens is 2. The molecule has 1 saturated heterocycles. The van der Waals surface area contributed by atoms with Crippen molar-refractivity contribution in [2.75, 3.05) is 26.2 Å². The van der Waals surface area contributed by atoms with Gasteiger partial charge >= 0.3 is 0 Å². The Kier molecular flexibility index (Phi) is 4.70. The van der Waals surface area contributed by atoms with E-state index in [4.69, 9.17) is 11.6 Å². The lowest BCUT2D eigenvalue weighted by molar-refractivity contribution is 0.0703. The normalized spacial score (nSPS) is 16.3. The Morgan fingerprint density at radius 3 is 2.54 bits per heavy atom. The maximum Gasteiger partial charge on any atom is 0.264 e. The molecule has 4 rings (SSSR count). The van der Waals surface area contributed by atoms with Crippen LogP contribution in [0.5, 0.6) is 0 Å². The van der Waals surface area contributed by atoms with Crippen molar-refractivity contribution < 1.29 is 13.2 Å². The van der Waals surface area contributed by atoms with E-state index in [1.807, 2.05) is 0 Å². The molecule has 3 aromatic rings. The fourth-order valence-electron chi connectivity index (χ4n) is 2.85. The number of sulfonamides is 1. The number of rotatable bonds is 3. The molecule has 1 aliphatic heterocycles. The van der Waals surface area contributed by atoms with Gasteiger partial charge < -0.3 is 4.90 Å².